The number of nitrogens with zero attached hydrogens (tertiary/aromatic N) is 1. The van der Waals surface area contributed by atoms with Crippen molar-refractivity contribution in [1.29, 1.82) is 0 Å². The first-order valence-electron chi connectivity index (χ1n) is 7.21. The molecule has 1 heterocycles. The Balaban J connectivity index is 1.91. The van der Waals surface area contributed by atoms with Crippen LogP contribution in [0.1, 0.15) is 18.4 Å². The number of carbonyl (C=O) groups is 2. The fourth-order valence-corrected chi connectivity index (χ4v) is 2.62. The molecule has 0 aliphatic carbocycles. The lowest BCUT2D eigenvalue weighted by Gasteiger charge is -2.26. The molecule has 1 saturated heterocycles. The topological polar surface area (TPSA) is 65.1 Å². The van der Waals surface area contributed by atoms with E-state index in [1.165, 1.54) is 7.11 Å². The molecule has 1 aliphatic heterocycles. The number of hydrogen-bond donors (Lipinski definition) is 0. The van der Waals surface area contributed by atoms with Gasteiger partial charge in [-0.25, -0.2) is 0 Å². The molecule has 0 saturated carbocycles. The third-order valence-corrected chi connectivity index (χ3v) is 3.76. The van der Waals surface area contributed by atoms with Crippen LogP contribution in [0.25, 0.3) is 0 Å². The zero-order valence-corrected chi connectivity index (χ0v) is 12.9. The Morgan fingerprint density at radius 3 is 2.55 bits per heavy atom. The van der Waals surface area contributed by atoms with Crippen LogP contribution >= 0.6 is 0 Å². The minimum Gasteiger partial charge on any atom is -0.468 e. The molecule has 0 aromatic heterocycles. The van der Waals surface area contributed by atoms with Crippen molar-refractivity contribution in [2.24, 2.45) is 0 Å². The highest BCUT2D eigenvalue weighted by Gasteiger charge is 2.39. The molecule has 120 valence electrons. The van der Waals surface area contributed by atoms with Crippen LogP contribution in [-0.2, 0) is 30.4 Å². The Hall–Kier alpha value is -1.92. The van der Waals surface area contributed by atoms with Crippen LogP contribution in [0.4, 0.5) is 0 Å². The molecule has 2 rings (SSSR count). The third-order valence-electron chi connectivity index (χ3n) is 3.76. The molecule has 1 fully saturated rings. The van der Waals surface area contributed by atoms with Gasteiger partial charge in [0.1, 0.15) is 18.9 Å². The van der Waals surface area contributed by atoms with Crippen molar-refractivity contribution in [1.82, 2.24) is 4.90 Å². The Bertz CT molecular complexity index is 505. The fourth-order valence-electron chi connectivity index (χ4n) is 2.62. The Labute approximate surface area is 129 Å². The monoisotopic (exact) mass is 307 g/mol. The number of carbonyl (C=O) groups excluding carboxylic acids is 2. The Kier molecular flexibility index (Phi) is 5.91. The molecule has 1 aromatic rings. The number of esters is 2. The third kappa shape index (κ3) is 4.05. The average molecular weight is 307 g/mol. The van der Waals surface area contributed by atoms with Crippen molar-refractivity contribution in [2.45, 2.75) is 31.7 Å². The van der Waals surface area contributed by atoms with Gasteiger partial charge in [0.25, 0.3) is 0 Å². The molecule has 1 unspecified atom stereocenters. The highest BCUT2D eigenvalue weighted by Crippen LogP contribution is 2.25. The molecule has 0 bridgehead atoms. The van der Waals surface area contributed by atoms with E-state index >= 15 is 0 Å². The second-order valence-electron chi connectivity index (χ2n) is 5.13. The maximum atomic E-state index is 12.0. The zero-order valence-electron chi connectivity index (χ0n) is 12.9. The first-order valence-corrected chi connectivity index (χ1v) is 7.21. The van der Waals surface area contributed by atoms with E-state index in [0.717, 1.165) is 5.56 Å². The van der Waals surface area contributed by atoms with Crippen LogP contribution in [0.3, 0.4) is 0 Å². The largest absolute Gasteiger partial charge is 0.468 e. The van der Waals surface area contributed by atoms with Gasteiger partial charge in [-0.05, 0) is 18.4 Å². The van der Waals surface area contributed by atoms with Gasteiger partial charge < -0.3 is 14.2 Å². The summed E-state index contributed by atoms with van der Waals surface area (Å²) in [4.78, 5) is 25.5. The van der Waals surface area contributed by atoms with Crippen molar-refractivity contribution in [3.05, 3.63) is 35.9 Å². The predicted octanol–water partition coefficient (Wildman–Crippen LogP) is 1.34. The number of ether oxygens (including phenoxy) is 3. The lowest BCUT2D eigenvalue weighted by Crippen LogP contribution is -2.45. The quantitative estimate of drug-likeness (QED) is 0.739. The SMILES string of the molecule is COC(=O)[C@@H]1CCC(OC)N1CC(=O)OCc1ccccc1. The second kappa shape index (κ2) is 7.91. The zero-order chi connectivity index (χ0) is 15.9. The summed E-state index contributed by atoms with van der Waals surface area (Å²) < 4.78 is 15.4. The fraction of sp³-hybridized carbons (Fsp3) is 0.500. The van der Waals surface area contributed by atoms with Crippen molar-refractivity contribution < 1.29 is 23.8 Å². The van der Waals surface area contributed by atoms with Crippen LogP contribution in [-0.4, -0.2) is 49.9 Å². The summed E-state index contributed by atoms with van der Waals surface area (Å²) in [6.07, 6.45) is 1.02. The number of likely N-dealkylation sites (tertiary alicyclic amines) is 1. The van der Waals surface area contributed by atoms with Gasteiger partial charge in [-0.2, -0.15) is 0 Å². The smallest absolute Gasteiger partial charge is 0.323 e. The van der Waals surface area contributed by atoms with E-state index in [-0.39, 0.29) is 31.3 Å². The normalized spacial score (nSPS) is 21.5. The summed E-state index contributed by atoms with van der Waals surface area (Å²) in [5.41, 5.74) is 0.921. The Morgan fingerprint density at radius 1 is 1.18 bits per heavy atom. The van der Waals surface area contributed by atoms with Crippen molar-refractivity contribution >= 4 is 11.9 Å². The van der Waals surface area contributed by atoms with Crippen molar-refractivity contribution in [2.75, 3.05) is 20.8 Å². The van der Waals surface area contributed by atoms with Gasteiger partial charge in [0, 0.05) is 7.11 Å². The molecular weight excluding hydrogens is 286 g/mol. The lowest BCUT2D eigenvalue weighted by atomic mass is 10.2. The van der Waals surface area contributed by atoms with Gasteiger partial charge in [-0.15, -0.1) is 0 Å². The van der Waals surface area contributed by atoms with Crippen molar-refractivity contribution in [3.8, 4) is 0 Å². The molecule has 0 radical (unpaired) electrons. The van der Waals surface area contributed by atoms with E-state index in [2.05, 4.69) is 0 Å². The summed E-state index contributed by atoms with van der Waals surface area (Å²) in [7, 11) is 2.90. The summed E-state index contributed by atoms with van der Waals surface area (Å²) in [6.45, 7) is 0.221. The van der Waals surface area contributed by atoms with Gasteiger partial charge in [-0.3, -0.25) is 14.5 Å². The van der Waals surface area contributed by atoms with Crippen LogP contribution in [0.5, 0.6) is 0 Å². The lowest BCUT2D eigenvalue weighted by molar-refractivity contribution is -0.155. The summed E-state index contributed by atoms with van der Waals surface area (Å²) >= 11 is 0. The predicted molar refractivity (Wildman–Crippen MR) is 78.8 cm³/mol. The summed E-state index contributed by atoms with van der Waals surface area (Å²) in [5.74, 6) is -0.739. The van der Waals surface area contributed by atoms with E-state index < -0.39 is 6.04 Å². The first-order chi connectivity index (χ1) is 10.7. The summed E-state index contributed by atoms with van der Waals surface area (Å²) in [5, 5.41) is 0. The minimum atomic E-state index is -0.459. The Morgan fingerprint density at radius 2 is 1.91 bits per heavy atom. The van der Waals surface area contributed by atoms with E-state index in [1.54, 1.807) is 12.0 Å². The highest BCUT2D eigenvalue weighted by atomic mass is 16.5. The molecule has 1 aromatic carbocycles. The molecule has 1 aliphatic rings. The van der Waals surface area contributed by atoms with Gasteiger partial charge in [0.15, 0.2) is 0 Å². The highest BCUT2D eigenvalue weighted by molar-refractivity contribution is 5.78. The standard InChI is InChI=1S/C16H21NO5/c1-20-14-9-8-13(16(19)21-2)17(14)10-15(18)22-11-12-6-4-3-5-7-12/h3-7,13-14H,8-11H2,1-2H3/t13-,14?/m0/s1. The van der Waals surface area contributed by atoms with E-state index in [9.17, 15) is 9.59 Å². The van der Waals surface area contributed by atoms with Gasteiger partial charge in [-0.1, -0.05) is 30.3 Å². The second-order valence-corrected chi connectivity index (χ2v) is 5.13. The molecular formula is C16H21NO5. The van der Waals surface area contributed by atoms with Gasteiger partial charge >= 0.3 is 11.9 Å². The van der Waals surface area contributed by atoms with Crippen LogP contribution < -0.4 is 0 Å². The van der Waals surface area contributed by atoms with Crippen LogP contribution in [0, 0.1) is 0 Å². The number of benzene rings is 1. The molecule has 22 heavy (non-hydrogen) atoms. The maximum absolute atomic E-state index is 12.0. The van der Waals surface area contributed by atoms with Gasteiger partial charge in [0.2, 0.25) is 0 Å². The molecule has 0 N–H and O–H groups in total. The number of rotatable bonds is 6. The molecule has 2 atom stereocenters. The van der Waals surface area contributed by atoms with E-state index in [0.29, 0.717) is 12.8 Å². The van der Waals surface area contributed by atoms with E-state index in [4.69, 9.17) is 14.2 Å². The molecule has 0 amide bonds. The van der Waals surface area contributed by atoms with Crippen LogP contribution in [0.15, 0.2) is 30.3 Å². The minimum absolute atomic E-state index is 0.00507. The number of methoxy groups -OCH3 is 2. The molecule has 6 nitrogen and oxygen atoms in total. The van der Waals surface area contributed by atoms with Crippen LogP contribution in [0.2, 0.25) is 0 Å². The average Bonchev–Trinajstić information content (AvgIpc) is 2.95. The van der Waals surface area contributed by atoms with Gasteiger partial charge in [0.05, 0.1) is 13.7 Å². The molecule has 6 heteroatoms. The molecule has 0 spiro atoms. The van der Waals surface area contributed by atoms with E-state index in [1.807, 2.05) is 30.3 Å². The maximum Gasteiger partial charge on any atom is 0.323 e. The number of hydrogen-bond acceptors (Lipinski definition) is 6. The summed E-state index contributed by atoms with van der Waals surface area (Å²) in [6, 6.07) is 8.99. The van der Waals surface area contributed by atoms with Crippen molar-refractivity contribution in [3.63, 3.8) is 0 Å². The first kappa shape index (κ1) is 16.5.